The van der Waals surface area contributed by atoms with Gasteiger partial charge in [-0.15, -0.1) is 0 Å². The van der Waals surface area contributed by atoms with Crippen LogP contribution in [0.25, 0.3) is 0 Å². The Balaban J connectivity index is 1.94. The number of benzene rings is 2. The van der Waals surface area contributed by atoms with Crippen LogP contribution in [0.15, 0.2) is 48.7 Å². The molecule has 0 radical (unpaired) electrons. The summed E-state index contributed by atoms with van der Waals surface area (Å²) in [6, 6.07) is 9.75. The van der Waals surface area contributed by atoms with Crippen molar-refractivity contribution < 1.29 is 27.4 Å². The quantitative estimate of drug-likeness (QED) is 0.539. The van der Waals surface area contributed by atoms with Crippen molar-refractivity contribution in [2.45, 2.75) is 32.4 Å². The number of hydrogen-bond donors (Lipinski definition) is 1. The molecule has 8 heteroatoms. The van der Waals surface area contributed by atoms with E-state index in [1.807, 2.05) is 6.92 Å². The SMILES string of the molecule is COc1cc(C(CC(C)=O)c2cn[nH]c2C)ccc1Oc1cccc(C(F)(F)F)c1. The Morgan fingerprint density at radius 3 is 2.53 bits per heavy atom. The molecule has 0 saturated heterocycles. The lowest BCUT2D eigenvalue weighted by atomic mass is 9.87. The zero-order valence-corrected chi connectivity index (χ0v) is 16.7. The van der Waals surface area contributed by atoms with E-state index in [2.05, 4.69) is 10.2 Å². The Morgan fingerprint density at radius 2 is 1.93 bits per heavy atom. The van der Waals surface area contributed by atoms with Gasteiger partial charge in [0.2, 0.25) is 0 Å². The number of ether oxygens (including phenoxy) is 2. The van der Waals surface area contributed by atoms with Crippen molar-refractivity contribution in [3.05, 3.63) is 71.0 Å². The molecule has 1 unspecified atom stereocenters. The Bertz CT molecular complexity index is 1040. The molecule has 0 aliphatic rings. The molecule has 3 rings (SSSR count). The molecule has 0 aliphatic heterocycles. The van der Waals surface area contributed by atoms with Crippen molar-refractivity contribution in [3.8, 4) is 17.2 Å². The lowest BCUT2D eigenvalue weighted by Crippen LogP contribution is -2.07. The van der Waals surface area contributed by atoms with Crippen molar-refractivity contribution in [1.82, 2.24) is 10.2 Å². The van der Waals surface area contributed by atoms with Crippen molar-refractivity contribution in [2.75, 3.05) is 7.11 Å². The van der Waals surface area contributed by atoms with Gasteiger partial charge in [0.05, 0.1) is 18.9 Å². The summed E-state index contributed by atoms with van der Waals surface area (Å²) in [7, 11) is 1.45. The number of ketones is 1. The van der Waals surface area contributed by atoms with Crippen LogP contribution < -0.4 is 9.47 Å². The van der Waals surface area contributed by atoms with E-state index in [4.69, 9.17) is 9.47 Å². The number of halogens is 3. The maximum absolute atomic E-state index is 12.9. The molecule has 0 saturated carbocycles. The lowest BCUT2D eigenvalue weighted by Gasteiger charge is -2.18. The van der Waals surface area contributed by atoms with E-state index >= 15 is 0 Å². The molecule has 0 aliphatic carbocycles. The van der Waals surface area contributed by atoms with E-state index < -0.39 is 11.7 Å². The summed E-state index contributed by atoms with van der Waals surface area (Å²) < 4.78 is 49.9. The second-order valence-corrected chi connectivity index (χ2v) is 6.95. The first-order valence-electron chi connectivity index (χ1n) is 9.21. The number of nitrogens with zero attached hydrogens (tertiary/aromatic N) is 1. The van der Waals surface area contributed by atoms with Gasteiger partial charge in [-0.3, -0.25) is 9.89 Å². The van der Waals surface area contributed by atoms with E-state index in [1.165, 1.54) is 26.2 Å². The first-order valence-corrected chi connectivity index (χ1v) is 9.21. The molecule has 0 spiro atoms. The highest BCUT2D eigenvalue weighted by Gasteiger charge is 2.30. The molecule has 1 heterocycles. The van der Waals surface area contributed by atoms with Crippen LogP contribution in [-0.4, -0.2) is 23.1 Å². The summed E-state index contributed by atoms with van der Waals surface area (Å²) >= 11 is 0. The number of hydrogen-bond acceptors (Lipinski definition) is 4. The summed E-state index contributed by atoms with van der Waals surface area (Å²) in [5.74, 6) is 0.439. The number of methoxy groups -OCH3 is 1. The van der Waals surface area contributed by atoms with Gasteiger partial charge in [0.1, 0.15) is 11.5 Å². The van der Waals surface area contributed by atoms with Gasteiger partial charge >= 0.3 is 6.18 Å². The van der Waals surface area contributed by atoms with Crippen LogP contribution in [0.2, 0.25) is 0 Å². The average Bonchev–Trinajstić information content (AvgIpc) is 3.11. The van der Waals surface area contributed by atoms with Crippen LogP contribution in [0, 0.1) is 6.92 Å². The Labute approximate surface area is 171 Å². The third-order valence-corrected chi connectivity index (χ3v) is 4.72. The number of rotatable bonds is 7. The maximum atomic E-state index is 12.9. The fourth-order valence-corrected chi connectivity index (χ4v) is 3.25. The van der Waals surface area contributed by atoms with E-state index in [9.17, 15) is 18.0 Å². The lowest BCUT2D eigenvalue weighted by molar-refractivity contribution is -0.137. The van der Waals surface area contributed by atoms with Crippen molar-refractivity contribution >= 4 is 5.78 Å². The van der Waals surface area contributed by atoms with E-state index in [0.717, 1.165) is 29.0 Å². The number of Topliss-reactive ketones (excluding diaryl/α,β-unsaturated/α-hetero) is 1. The standard InChI is InChI=1S/C22H21F3N2O3/c1-13(28)9-18(19-12-26-27-14(19)2)15-7-8-20(21(10-15)29-3)30-17-6-4-5-16(11-17)22(23,24)25/h4-8,10-12,18H,9H2,1-3H3,(H,26,27). The molecule has 2 aromatic carbocycles. The maximum Gasteiger partial charge on any atom is 0.416 e. The molecule has 0 amide bonds. The van der Waals surface area contributed by atoms with Crippen LogP contribution in [0.4, 0.5) is 13.2 Å². The zero-order valence-electron chi connectivity index (χ0n) is 16.7. The predicted molar refractivity (Wildman–Crippen MR) is 105 cm³/mol. The van der Waals surface area contributed by atoms with Crippen LogP contribution in [0.5, 0.6) is 17.2 Å². The highest BCUT2D eigenvalue weighted by Crippen LogP contribution is 2.39. The Morgan fingerprint density at radius 1 is 1.17 bits per heavy atom. The first-order chi connectivity index (χ1) is 14.2. The number of aryl methyl sites for hydroxylation is 1. The minimum atomic E-state index is -4.46. The van der Waals surface area contributed by atoms with Gasteiger partial charge in [-0.25, -0.2) is 0 Å². The largest absolute Gasteiger partial charge is 0.493 e. The summed E-state index contributed by atoms with van der Waals surface area (Å²) in [4.78, 5) is 11.8. The predicted octanol–water partition coefficient (Wildman–Crippen LogP) is 5.65. The van der Waals surface area contributed by atoms with Crippen LogP contribution in [0.3, 0.4) is 0 Å². The van der Waals surface area contributed by atoms with Crippen LogP contribution in [0.1, 0.15) is 41.6 Å². The number of aromatic nitrogens is 2. The molecule has 1 aromatic heterocycles. The van der Waals surface area contributed by atoms with Crippen LogP contribution in [-0.2, 0) is 11.0 Å². The first kappa shape index (κ1) is 21.4. The Kier molecular flexibility index (Phi) is 6.14. The summed E-state index contributed by atoms with van der Waals surface area (Å²) in [5, 5.41) is 6.91. The molecule has 1 atom stereocenters. The third kappa shape index (κ3) is 4.82. The van der Waals surface area contributed by atoms with Gasteiger partial charge in [-0.05, 0) is 49.7 Å². The number of carbonyl (C=O) groups excluding carboxylic acids is 1. The van der Waals surface area contributed by atoms with E-state index in [1.54, 1.807) is 24.4 Å². The van der Waals surface area contributed by atoms with Gasteiger partial charge in [-0.1, -0.05) is 12.1 Å². The number of alkyl halides is 3. The number of nitrogens with one attached hydrogen (secondary N) is 1. The Hall–Kier alpha value is -3.29. The van der Waals surface area contributed by atoms with E-state index in [-0.39, 0.29) is 29.6 Å². The molecule has 5 nitrogen and oxygen atoms in total. The molecule has 30 heavy (non-hydrogen) atoms. The van der Waals surface area contributed by atoms with E-state index in [0.29, 0.717) is 5.75 Å². The highest BCUT2D eigenvalue weighted by atomic mass is 19.4. The number of carbonyl (C=O) groups is 1. The normalized spacial score (nSPS) is 12.5. The van der Waals surface area contributed by atoms with Gasteiger partial charge < -0.3 is 9.47 Å². The summed E-state index contributed by atoms with van der Waals surface area (Å²) in [6.07, 6.45) is -2.50. The van der Waals surface area contributed by atoms with Gasteiger partial charge in [0.25, 0.3) is 0 Å². The molecule has 3 aromatic rings. The molecular formula is C22H21F3N2O3. The summed E-state index contributed by atoms with van der Waals surface area (Å²) in [5.41, 5.74) is 1.75. The second kappa shape index (κ2) is 8.61. The molecule has 1 N–H and O–H groups in total. The molecule has 0 bridgehead atoms. The van der Waals surface area contributed by atoms with Crippen molar-refractivity contribution in [1.29, 1.82) is 0 Å². The fraction of sp³-hybridized carbons (Fsp3) is 0.273. The van der Waals surface area contributed by atoms with Gasteiger partial charge in [0, 0.05) is 23.6 Å². The highest BCUT2D eigenvalue weighted by molar-refractivity contribution is 5.77. The summed E-state index contributed by atoms with van der Waals surface area (Å²) in [6.45, 7) is 3.39. The zero-order chi connectivity index (χ0) is 21.9. The molecule has 0 fully saturated rings. The molecular weight excluding hydrogens is 397 g/mol. The fourth-order valence-electron chi connectivity index (χ4n) is 3.25. The van der Waals surface area contributed by atoms with Crippen LogP contribution >= 0.6 is 0 Å². The smallest absolute Gasteiger partial charge is 0.416 e. The van der Waals surface area contributed by atoms with Gasteiger partial charge in [-0.2, -0.15) is 18.3 Å². The molecule has 158 valence electrons. The number of aromatic amines is 1. The third-order valence-electron chi connectivity index (χ3n) is 4.72. The minimum absolute atomic E-state index is 0.0175. The number of H-pyrrole nitrogens is 1. The van der Waals surface area contributed by atoms with Gasteiger partial charge in [0.15, 0.2) is 11.5 Å². The van der Waals surface area contributed by atoms with Crippen molar-refractivity contribution in [3.63, 3.8) is 0 Å². The second-order valence-electron chi connectivity index (χ2n) is 6.95. The van der Waals surface area contributed by atoms with Crippen molar-refractivity contribution in [2.24, 2.45) is 0 Å². The average molecular weight is 418 g/mol. The minimum Gasteiger partial charge on any atom is -0.493 e. The monoisotopic (exact) mass is 418 g/mol. The topological polar surface area (TPSA) is 64.2 Å².